The van der Waals surface area contributed by atoms with Gasteiger partial charge in [0.15, 0.2) is 5.78 Å². The Morgan fingerprint density at radius 2 is 2.00 bits per heavy atom. The SMILES string of the molecule is Cc1ccc(C2CC(=O)C=C(Nc3nonc3N)C2)cc1. The Morgan fingerprint density at radius 1 is 1.24 bits per heavy atom. The number of rotatable bonds is 3. The number of aryl methyl sites for hydroxylation is 1. The summed E-state index contributed by atoms with van der Waals surface area (Å²) in [6.45, 7) is 2.04. The summed E-state index contributed by atoms with van der Waals surface area (Å²) in [5.74, 6) is 0.774. The van der Waals surface area contributed by atoms with Crippen molar-refractivity contribution >= 4 is 17.4 Å². The number of nitrogens with two attached hydrogens (primary N) is 1. The van der Waals surface area contributed by atoms with Crippen LogP contribution in [0.15, 0.2) is 40.7 Å². The highest BCUT2D eigenvalue weighted by atomic mass is 16.6. The van der Waals surface area contributed by atoms with Crippen molar-refractivity contribution in [2.45, 2.75) is 25.7 Å². The number of nitrogen functional groups attached to an aromatic ring is 1. The number of nitrogens with zero attached hydrogens (tertiary/aromatic N) is 2. The van der Waals surface area contributed by atoms with Gasteiger partial charge >= 0.3 is 0 Å². The number of aromatic nitrogens is 2. The molecular formula is C15H16N4O2. The van der Waals surface area contributed by atoms with Gasteiger partial charge in [-0.1, -0.05) is 29.8 Å². The van der Waals surface area contributed by atoms with E-state index < -0.39 is 0 Å². The Balaban J connectivity index is 1.79. The monoisotopic (exact) mass is 284 g/mol. The number of nitrogens with one attached hydrogen (secondary N) is 1. The first-order valence-electron chi connectivity index (χ1n) is 6.77. The minimum absolute atomic E-state index is 0.0874. The molecule has 0 spiro atoms. The fourth-order valence-corrected chi connectivity index (χ4v) is 2.49. The first kappa shape index (κ1) is 13.4. The molecule has 0 radical (unpaired) electrons. The van der Waals surface area contributed by atoms with Crippen molar-refractivity contribution in [2.24, 2.45) is 0 Å². The van der Waals surface area contributed by atoms with Crippen molar-refractivity contribution in [1.29, 1.82) is 0 Å². The maximum absolute atomic E-state index is 11.9. The average molecular weight is 284 g/mol. The number of carbonyl (C=O) groups excluding carboxylic acids is 1. The second-order valence-corrected chi connectivity index (χ2v) is 5.27. The average Bonchev–Trinajstić information content (AvgIpc) is 2.84. The van der Waals surface area contributed by atoms with E-state index in [1.807, 2.05) is 6.92 Å². The molecular weight excluding hydrogens is 268 g/mol. The summed E-state index contributed by atoms with van der Waals surface area (Å²) in [7, 11) is 0. The zero-order valence-corrected chi connectivity index (χ0v) is 11.7. The number of hydrogen-bond donors (Lipinski definition) is 2. The van der Waals surface area contributed by atoms with Gasteiger partial charge in [-0.15, -0.1) is 0 Å². The summed E-state index contributed by atoms with van der Waals surface area (Å²) in [6, 6.07) is 8.26. The molecule has 3 N–H and O–H groups in total. The van der Waals surface area contributed by atoms with Gasteiger partial charge in [-0.2, -0.15) is 0 Å². The lowest BCUT2D eigenvalue weighted by atomic mass is 9.85. The molecule has 21 heavy (non-hydrogen) atoms. The molecule has 1 unspecified atom stereocenters. The van der Waals surface area contributed by atoms with Gasteiger partial charge in [0.25, 0.3) is 0 Å². The van der Waals surface area contributed by atoms with E-state index in [4.69, 9.17) is 5.73 Å². The van der Waals surface area contributed by atoms with E-state index in [9.17, 15) is 4.79 Å². The third-order valence-electron chi connectivity index (χ3n) is 3.59. The van der Waals surface area contributed by atoms with E-state index in [0.717, 1.165) is 17.7 Å². The molecule has 108 valence electrons. The quantitative estimate of drug-likeness (QED) is 0.898. The number of allylic oxidation sites excluding steroid dienone is 2. The summed E-state index contributed by atoms with van der Waals surface area (Å²) in [5.41, 5.74) is 8.75. The van der Waals surface area contributed by atoms with Crippen LogP contribution in [0.3, 0.4) is 0 Å². The van der Waals surface area contributed by atoms with E-state index in [-0.39, 0.29) is 17.5 Å². The predicted octanol–water partition coefficient (Wildman–Crippen LogP) is 2.40. The summed E-state index contributed by atoms with van der Waals surface area (Å²) in [6.07, 6.45) is 2.83. The van der Waals surface area contributed by atoms with Gasteiger partial charge in [0, 0.05) is 18.2 Å². The van der Waals surface area contributed by atoms with E-state index in [2.05, 4.69) is 44.5 Å². The van der Waals surface area contributed by atoms with Gasteiger partial charge in [-0.25, -0.2) is 4.63 Å². The van der Waals surface area contributed by atoms with E-state index in [0.29, 0.717) is 12.2 Å². The topological polar surface area (TPSA) is 94.0 Å². The fraction of sp³-hybridized carbons (Fsp3) is 0.267. The zero-order chi connectivity index (χ0) is 14.8. The largest absolute Gasteiger partial charge is 0.378 e. The van der Waals surface area contributed by atoms with E-state index in [1.54, 1.807) is 6.08 Å². The van der Waals surface area contributed by atoms with Crippen LogP contribution >= 0.6 is 0 Å². The van der Waals surface area contributed by atoms with Gasteiger partial charge in [-0.3, -0.25) is 4.79 Å². The van der Waals surface area contributed by atoms with Gasteiger partial charge in [0.05, 0.1) is 0 Å². The number of benzene rings is 1. The summed E-state index contributed by atoms with van der Waals surface area (Å²) in [4.78, 5) is 11.9. The Labute approximate surface area is 122 Å². The lowest BCUT2D eigenvalue weighted by molar-refractivity contribution is -0.115. The standard InChI is InChI=1S/C15H16N4O2/c1-9-2-4-10(5-3-9)11-6-12(8-13(20)7-11)17-15-14(16)18-21-19-15/h2-5,8,11H,6-7H2,1H3,(H2,16,18)(H,17,19). The number of anilines is 2. The molecule has 0 fully saturated rings. The second kappa shape index (κ2) is 5.40. The van der Waals surface area contributed by atoms with Gasteiger partial charge < -0.3 is 11.1 Å². The Kier molecular flexibility index (Phi) is 3.43. The van der Waals surface area contributed by atoms with E-state index in [1.165, 1.54) is 5.56 Å². The Hall–Kier alpha value is -2.63. The molecule has 1 heterocycles. The van der Waals surface area contributed by atoms with E-state index >= 15 is 0 Å². The van der Waals surface area contributed by atoms with Crippen LogP contribution < -0.4 is 11.1 Å². The normalized spacial score (nSPS) is 18.4. The predicted molar refractivity (Wildman–Crippen MR) is 78.6 cm³/mol. The molecule has 6 heteroatoms. The van der Waals surface area contributed by atoms with Crippen LogP contribution in [0.1, 0.15) is 29.9 Å². The highest BCUT2D eigenvalue weighted by molar-refractivity contribution is 5.92. The van der Waals surface area contributed by atoms with Crippen molar-refractivity contribution in [3.05, 3.63) is 47.2 Å². The van der Waals surface area contributed by atoms with Crippen molar-refractivity contribution in [3.63, 3.8) is 0 Å². The number of carbonyl (C=O) groups is 1. The molecule has 0 saturated heterocycles. The first-order chi connectivity index (χ1) is 10.1. The summed E-state index contributed by atoms with van der Waals surface area (Å²) >= 11 is 0. The van der Waals surface area contributed by atoms with Crippen LogP contribution in [-0.4, -0.2) is 16.1 Å². The fourth-order valence-electron chi connectivity index (χ4n) is 2.49. The molecule has 1 atom stereocenters. The lowest BCUT2D eigenvalue weighted by Gasteiger charge is -2.22. The van der Waals surface area contributed by atoms with Crippen LogP contribution in [0.4, 0.5) is 11.6 Å². The molecule has 1 aliphatic carbocycles. The molecule has 0 bridgehead atoms. The molecule has 0 amide bonds. The van der Waals surface area contributed by atoms with Crippen LogP contribution in [0.25, 0.3) is 0 Å². The molecule has 0 aliphatic heterocycles. The molecule has 1 aromatic heterocycles. The summed E-state index contributed by atoms with van der Waals surface area (Å²) < 4.78 is 4.54. The third-order valence-corrected chi connectivity index (χ3v) is 3.59. The van der Waals surface area contributed by atoms with Crippen molar-refractivity contribution in [1.82, 2.24) is 10.3 Å². The Morgan fingerprint density at radius 3 is 2.67 bits per heavy atom. The summed E-state index contributed by atoms with van der Waals surface area (Å²) in [5, 5.41) is 10.2. The van der Waals surface area contributed by atoms with Crippen molar-refractivity contribution in [3.8, 4) is 0 Å². The molecule has 0 saturated carbocycles. The molecule has 1 aliphatic rings. The maximum atomic E-state index is 11.9. The third kappa shape index (κ3) is 2.94. The lowest BCUT2D eigenvalue weighted by Crippen LogP contribution is -2.17. The number of ketones is 1. The van der Waals surface area contributed by atoms with Crippen LogP contribution in [0.2, 0.25) is 0 Å². The first-order valence-corrected chi connectivity index (χ1v) is 6.77. The van der Waals surface area contributed by atoms with Crippen LogP contribution in [0, 0.1) is 6.92 Å². The highest BCUT2D eigenvalue weighted by Crippen LogP contribution is 2.32. The maximum Gasteiger partial charge on any atom is 0.219 e. The molecule has 1 aromatic carbocycles. The highest BCUT2D eigenvalue weighted by Gasteiger charge is 2.23. The zero-order valence-electron chi connectivity index (χ0n) is 11.7. The Bertz CT molecular complexity index is 688. The minimum atomic E-state index is 0.0874. The van der Waals surface area contributed by atoms with Gasteiger partial charge in [0.1, 0.15) is 0 Å². The second-order valence-electron chi connectivity index (χ2n) is 5.27. The minimum Gasteiger partial charge on any atom is -0.378 e. The molecule has 2 aromatic rings. The molecule has 3 rings (SSSR count). The van der Waals surface area contributed by atoms with Crippen molar-refractivity contribution < 1.29 is 9.42 Å². The smallest absolute Gasteiger partial charge is 0.219 e. The van der Waals surface area contributed by atoms with Crippen molar-refractivity contribution in [2.75, 3.05) is 11.1 Å². The van der Waals surface area contributed by atoms with Crippen LogP contribution in [-0.2, 0) is 4.79 Å². The van der Waals surface area contributed by atoms with Gasteiger partial charge in [-0.05, 0) is 35.1 Å². The molecule has 6 nitrogen and oxygen atoms in total. The van der Waals surface area contributed by atoms with Gasteiger partial charge in [0.2, 0.25) is 11.6 Å². The van der Waals surface area contributed by atoms with Crippen LogP contribution in [0.5, 0.6) is 0 Å². The number of hydrogen-bond acceptors (Lipinski definition) is 6.